The predicted molar refractivity (Wildman–Crippen MR) is 69.7 cm³/mol. The van der Waals surface area contributed by atoms with E-state index in [-0.39, 0.29) is 11.0 Å². The van der Waals surface area contributed by atoms with Crippen LogP contribution in [0.25, 0.3) is 0 Å². The minimum Gasteiger partial charge on any atom is -0.370 e. The number of nitrogens with one attached hydrogen (secondary N) is 1. The molecule has 0 aliphatic carbocycles. The molecule has 0 bridgehead atoms. The van der Waals surface area contributed by atoms with E-state index in [9.17, 15) is 13.2 Å². The summed E-state index contributed by atoms with van der Waals surface area (Å²) in [5.41, 5.74) is 0.166. The van der Waals surface area contributed by atoms with Crippen molar-refractivity contribution in [2.24, 2.45) is 7.05 Å². The number of aryl methyl sites for hydroxylation is 1. The van der Waals surface area contributed by atoms with Gasteiger partial charge in [-0.05, 0) is 24.1 Å². The third kappa shape index (κ3) is 3.86. The highest BCUT2D eigenvalue weighted by Crippen LogP contribution is 2.31. The summed E-state index contributed by atoms with van der Waals surface area (Å²) in [5.74, 6) is 0.105. The van der Waals surface area contributed by atoms with E-state index < -0.39 is 11.7 Å². The molecule has 0 unspecified atom stereocenters. The average Bonchev–Trinajstić information content (AvgIpc) is 2.73. The summed E-state index contributed by atoms with van der Waals surface area (Å²) in [6.45, 7) is 0.441. The van der Waals surface area contributed by atoms with Crippen molar-refractivity contribution in [1.82, 2.24) is 14.8 Å². The molecule has 0 saturated carbocycles. The van der Waals surface area contributed by atoms with Crippen LogP contribution >= 0.6 is 11.6 Å². The summed E-state index contributed by atoms with van der Waals surface area (Å²) in [6, 6.07) is 1.74. The topological polar surface area (TPSA) is 42.7 Å². The van der Waals surface area contributed by atoms with Crippen molar-refractivity contribution in [3.05, 3.63) is 40.8 Å². The molecule has 0 atom stereocenters. The minimum absolute atomic E-state index is 0.105. The Kier molecular flexibility index (Phi) is 4.17. The number of anilines is 1. The second-order valence-corrected chi connectivity index (χ2v) is 4.65. The normalized spacial score (nSPS) is 11.7. The lowest BCUT2D eigenvalue weighted by Gasteiger charge is -2.10. The van der Waals surface area contributed by atoms with E-state index in [1.54, 1.807) is 17.9 Å². The first-order chi connectivity index (χ1) is 9.34. The maximum absolute atomic E-state index is 12.6. The summed E-state index contributed by atoms with van der Waals surface area (Å²) in [6.07, 6.45) is -0.266. The molecule has 2 aromatic heterocycles. The van der Waals surface area contributed by atoms with E-state index in [4.69, 9.17) is 11.6 Å². The Morgan fingerprint density at radius 3 is 2.70 bits per heavy atom. The van der Waals surface area contributed by atoms with Gasteiger partial charge in [-0.2, -0.15) is 18.3 Å². The van der Waals surface area contributed by atoms with Gasteiger partial charge in [-0.3, -0.25) is 4.68 Å². The van der Waals surface area contributed by atoms with Gasteiger partial charge in [0.15, 0.2) is 0 Å². The molecule has 0 spiro atoms. The van der Waals surface area contributed by atoms with E-state index >= 15 is 0 Å². The van der Waals surface area contributed by atoms with Crippen LogP contribution in [0.1, 0.15) is 11.1 Å². The van der Waals surface area contributed by atoms with Crippen molar-refractivity contribution in [1.29, 1.82) is 0 Å². The third-order valence-electron chi connectivity index (χ3n) is 2.60. The summed E-state index contributed by atoms with van der Waals surface area (Å²) in [7, 11) is 1.80. The number of rotatable bonds is 4. The zero-order chi connectivity index (χ0) is 14.8. The van der Waals surface area contributed by atoms with E-state index in [0.717, 1.165) is 17.7 Å². The van der Waals surface area contributed by atoms with E-state index in [2.05, 4.69) is 15.4 Å². The molecule has 4 nitrogen and oxygen atoms in total. The van der Waals surface area contributed by atoms with Gasteiger partial charge >= 0.3 is 6.18 Å². The molecule has 0 saturated heterocycles. The zero-order valence-corrected chi connectivity index (χ0v) is 11.3. The molecule has 108 valence electrons. The molecule has 1 N–H and O–H groups in total. The summed E-state index contributed by atoms with van der Waals surface area (Å²) in [4.78, 5) is 3.82. The van der Waals surface area contributed by atoms with Crippen molar-refractivity contribution in [2.75, 3.05) is 11.9 Å². The number of hydrogen-bond acceptors (Lipinski definition) is 3. The van der Waals surface area contributed by atoms with E-state index in [1.807, 2.05) is 6.20 Å². The number of halogens is 4. The van der Waals surface area contributed by atoms with E-state index in [1.165, 1.54) is 0 Å². The van der Waals surface area contributed by atoms with Gasteiger partial charge in [0.2, 0.25) is 0 Å². The van der Waals surface area contributed by atoms with E-state index in [0.29, 0.717) is 13.0 Å². The van der Waals surface area contributed by atoms with Gasteiger partial charge in [-0.25, -0.2) is 4.98 Å². The Bertz CT molecular complexity index is 595. The second-order valence-electron chi connectivity index (χ2n) is 4.26. The molecular weight excluding hydrogens is 293 g/mol. The number of aromatic nitrogens is 3. The zero-order valence-electron chi connectivity index (χ0n) is 10.6. The lowest BCUT2D eigenvalue weighted by atomic mass is 10.2. The van der Waals surface area contributed by atoms with Crippen molar-refractivity contribution in [2.45, 2.75) is 12.6 Å². The Labute approximate surface area is 118 Å². The largest absolute Gasteiger partial charge is 0.416 e. The van der Waals surface area contributed by atoms with Gasteiger partial charge in [0.05, 0.1) is 11.8 Å². The first-order valence-electron chi connectivity index (χ1n) is 5.81. The Morgan fingerprint density at radius 2 is 2.10 bits per heavy atom. The Balaban J connectivity index is 2.00. The highest BCUT2D eigenvalue weighted by Gasteiger charge is 2.31. The Hall–Kier alpha value is -1.76. The maximum atomic E-state index is 12.6. The van der Waals surface area contributed by atoms with Crippen molar-refractivity contribution in [3.63, 3.8) is 0 Å². The molecule has 0 fully saturated rings. The van der Waals surface area contributed by atoms with Crippen LogP contribution in [0.2, 0.25) is 5.15 Å². The van der Waals surface area contributed by atoms with Crippen LogP contribution in [0.15, 0.2) is 24.5 Å². The van der Waals surface area contributed by atoms with Crippen LogP contribution in [0.5, 0.6) is 0 Å². The Morgan fingerprint density at radius 1 is 1.35 bits per heavy atom. The first-order valence-corrected chi connectivity index (χ1v) is 6.18. The van der Waals surface area contributed by atoms with Gasteiger partial charge in [0.1, 0.15) is 11.0 Å². The van der Waals surface area contributed by atoms with Gasteiger partial charge in [-0.15, -0.1) is 0 Å². The first kappa shape index (κ1) is 14.6. The number of nitrogens with zero attached hydrogens (tertiary/aromatic N) is 3. The molecule has 0 aromatic carbocycles. The molecule has 8 heteroatoms. The SMILES string of the molecule is Cn1cc(CCNc2cc(C(F)(F)F)cc(Cl)n2)cn1. The molecule has 2 aromatic rings. The fraction of sp³-hybridized carbons (Fsp3) is 0.333. The van der Waals surface area contributed by atoms with Crippen molar-refractivity contribution < 1.29 is 13.2 Å². The van der Waals surface area contributed by atoms with Crippen LogP contribution in [-0.4, -0.2) is 21.3 Å². The number of pyridine rings is 1. The second kappa shape index (κ2) is 5.70. The summed E-state index contributed by atoms with van der Waals surface area (Å²) < 4.78 is 39.5. The monoisotopic (exact) mass is 304 g/mol. The van der Waals surface area contributed by atoms with Gasteiger partial charge in [-0.1, -0.05) is 11.6 Å². The van der Waals surface area contributed by atoms with Crippen LogP contribution < -0.4 is 5.32 Å². The van der Waals surface area contributed by atoms with Crippen LogP contribution in [-0.2, 0) is 19.6 Å². The fourth-order valence-electron chi connectivity index (χ4n) is 1.69. The third-order valence-corrected chi connectivity index (χ3v) is 2.79. The van der Waals surface area contributed by atoms with Crippen LogP contribution in [0, 0.1) is 0 Å². The highest BCUT2D eigenvalue weighted by atomic mass is 35.5. The van der Waals surface area contributed by atoms with Gasteiger partial charge < -0.3 is 5.32 Å². The van der Waals surface area contributed by atoms with Gasteiger partial charge in [0, 0.05) is 19.8 Å². The molecule has 0 radical (unpaired) electrons. The molecule has 2 heterocycles. The molecule has 0 aliphatic rings. The number of alkyl halides is 3. The highest BCUT2D eigenvalue weighted by molar-refractivity contribution is 6.29. The smallest absolute Gasteiger partial charge is 0.370 e. The standard InChI is InChI=1S/C12H12ClF3N4/c1-20-7-8(6-18-20)2-3-17-11-5-9(12(14,15)16)4-10(13)19-11/h4-7H,2-3H2,1H3,(H,17,19). The van der Waals surface area contributed by atoms with Gasteiger partial charge in [0.25, 0.3) is 0 Å². The molecule has 0 aliphatic heterocycles. The minimum atomic E-state index is -4.44. The molecule has 0 amide bonds. The maximum Gasteiger partial charge on any atom is 0.416 e. The van der Waals surface area contributed by atoms with Crippen molar-refractivity contribution >= 4 is 17.4 Å². The quantitative estimate of drug-likeness (QED) is 0.882. The average molecular weight is 305 g/mol. The molecule has 2 rings (SSSR count). The summed E-state index contributed by atoms with van der Waals surface area (Å²) in [5, 5.41) is 6.64. The molecular formula is C12H12ClF3N4. The van der Waals surface area contributed by atoms with Crippen molar-refractivity contribution in [3.8, 4) is 0 Å². The summed E-state index contributed by atoms with van der Waals surface area (Å²) >= 11 is 5.59. The van der Waals surface area contributed by atoms with Crippen LogP contribution in [0.3, 0.4) is 0 Å². The van der Waals surface area contributed by atoms with Crippen LogP contribution in [0.4, 0.5) is 19.0 Å². The number of hydrogen-bond donors (Lipinski definition) is 1. The lowest BCUT2D eigenvalue weighted by Crippen LogP contribution is -2.10. The molecule has 20 heavy (non-hydrogen) atoms. The lowest BCUT2D eigenvalue weighted by molar-refractivity contribution is -0.137. The fourth-order valence-corrected chi connectivity index (χ4v) is 1.90. The predicted octanol–water partition coefficient (Wildman–Crippen LogP) is 3.14.